The monoisotopic (exact) mass is 246 g/mol. The van der Waals surface area contributed by atoms with Gasteiger partial charge in [0, 0.05) is 38.9 Å². The maximum absolute atomic E-state index is 11.7. The van der Waals surface area contributed by atoms with Crippen LogP contribution < -0.4 is 5.32 Å². The number of rotatable bonds is 5. The van der Waals surface area contributed by atoms with Crippen LogP contribution in [0.5, 0.6) is 0 Å². The lowest BCUT2D eigenvalue weighted by Crippen LogP contribution is -2.35. The first-order chi connectivity index (χ1) is 7.74. The SMILES string of the molecule is COCCSCC(=O)N1CCNC(=O)CC1. The molecule has 0 radical (unpaired) electrons. The average molecular weight is 246 g/mol. The van der Waals surface area contributed by atoms with Crippen molar-refractivity contribution in [2.24, 2.45) is 0 Å². The molecule has 0 aromatic rings. The molecular weight excluding hydrogens is 228 g/mol. The van der Waals surface area contributed by atoms with Gasteiger partial charge in [0.25, 0.3) is 0 Å². The highest BCUT2D eigenvalue weighted by Gasteiger charge is 2.17. The third-order valence-corrected chi connectivity index (χ3v) is 3.23. The summed E-state index contributed by atoms with van der Waals surface area (Å²) < 4.78 is 4.90. The smallest absolute Gasteiger partial charge is 0.232 e. The summed E-state index contributed by atoms with van der Waals surface area (Å²) in [6.45, 7) is 2.39. The van der Waals surface area contributed by atoms with Crippen LogP contribution in [0.2, 0.25) is 0 Å². The molecule has 16 heavy (non-hydrogen) atoms. The number of hydrogen-bond acceptors (Lipinski definition) is 4. The van der Waals surface area contributed by atoms with E-state index in [1.54, 1.807) is 23.8 Å². The highest BCUT2D eigenvalue weighted by molar-refractivity contribution is 7.99. The van der Waals surface area contributed by atoms with Crippen LogP contribution in [0.4, 0.5) is 0 Å². The molecule has 1 aliphatic heterocycles. The number of amides is 2. The van der Waals surface area contributed by atoms with Crippen LogP contribution in [-0.2, 0) is 14.3 Å². The first kappa shape index (κ1) is 13.3. The number of carbonyl (C=O) groups excluding carboxylic acids is 2. The van der Waals surface area contributed by atoms with Crippen molar-refractivity contribution in [1.29, 1.82) is 0 Å². The zero-order valence-corrected chi connectivity index (χ0v) is 10.3. The minimum atomic E-state index is 0.0299. The third kappa shape index (κ3) is 4.85. The van der Waals surface area contributed by atoms with Crippen molar-refractivity contribution in [3.8, 4) is 0 Å². The first-order valence-electron chi connectivity index (χ1n) is 5.35. The van der Waals surface area contributed by atoms with E-state index in [0.717, 1.165) is 5.75 Å². The Morgan fingerprint density at radius 2 is 2.38 bits per heavy atom. The van der Waals surface area contributed by atoms with Crippen LogP contribution in [0, 0.1) is 0 Å². The van der Waals surface area contributed by atoms with Gasteiger partial charge in [0.15, 0.2) is 0 Å². The molecule has 0 unspecified atom stereocenters. The number of carbonyl (C=O) groups is 2. The molecule has 1 fully saturated rings. The van der Waals surface area contributed by atoms with E-state index in [2.05, 4.69) is 5.32 Å². The van der Waals surface area contributed by atoms with Crippen LogP contribution in [0.15, 0.2) is 0 Å². The van der Waals surface area contributed by atoms with Gasteiger partial charge >= 0.3 is 0 Å². The molecule has 0 atom stereocenters. The van der Waals surface area contributed by atoms with E-state index >= 15 is 0 Å². The summed E-state index contributed by atoms with van der Waals surface area (Å²) >= 11 is 1.57. The average Bonchev–Trinajstić information content (AvgIpc) is 2.49. The topological polar surface area (TPSA) is 58.6 Å². The second kappa shape index (κ2) is 7.51. The third-order valence-electron chi connectivity index (χ3n) is 2.32. The van der Waals surface area contributed by atoms with Crippen molar-refractivity contribution in [3.05, 3.63) is 0 Å². The first-order valence-corrected chi connectivity index (χ1v) is 6.50. The molecule has 0 bridgehead atoms. The largest absolute Gasteiger partial charge is 0.384 e. The number of ether oxygens (including phenoxy) is 1. The highest BCUT2D eigenvalue weighted by Crippen LogP contribution is 2.04. The molecule has 2 amide bonds. The zero-order chi connectivity index (χ0) is 11.8. The Hall–Kier alpha value is -0.750. The number of nitrogens with one attached hydrogen (secondary N) is 1. The molecule has 0 aliphatic carbocycles. The lowest BCUT2D eigenvalue weighted by Gasteiger charge is -2.19. The van der Waals surface area contributed by atoms with Gasteiger partial charge in [0.2, 0.25) is 11.8 Å². The molecule has 0 saturated carbocycles. The zero-order valence-electron chi connectivity index (χ0n) is 9.53. The van der Waals surface area contributed by atoms with Gasteiger partial charge in [-0.25, -0.2) is 0 Å². The van der Waals surface area contributed by atoms with Crippen LogP contribution in [0.1, 0.15) is 6.42 Å². The highest BCUT2D eigenvalue weighted by atomic mass is 32.2. The van der Waals surface area contributed by atoms with Gasteiger partial charge < -0.3 is 15.0 Å². The number of thioether (sulfide) groups is 1. The molecular formula is C10H18N2O3S. The van der Waals surface area contributed by atoms with E-state index in [9.17, 15) is 9.59 Å². The quantitative estimate of drug-likeness (QED) is 0.678. The van der Waals surface area contributed by atoms with Crippen LogP contribution in [-0.4, -0.2) is 61.6 Å². The Labute approximate surface area is 99.9 Å². The summed E-state index contributed by atoms with van der Waals surface area (Å²) in [7, 11) is 1.65. The second-order valence-corrected chi connectivity index (χ2v) is 4.63. The Kier molecular flexibility index (Phi) is 6.25. The fraction of sp³-hybridized carbons (Fsp3) is 0.800. The molecule has 1 aliphatic rings. The molecule has 0 aromatic heterocycles. The molecule has 92 valence electrons. The lowest BCUT2D eigenvalue weighted by molar-refractivity contribution is -0.128. The maximum Gasteiger partial charge on any atom is 0.232 e. The minimum absolute atomic E-state index is 0.0299. The molecule has 1 heterocycles. The van der Waals surface area contributed by atoms with Gasteiger partial charge in [-0.1, -0.05) is 0 Å². The van der Waals surface area contributed by atoms with Crippen molar-refractivity contribution in [3.63, 3.8) is 0 Å². The maximum atomic E-state index is 11.7. The second-order valence-electron chi connectivity index (χ2n) is 3.53. The van der Waals surface area contributed by atoms with Gasteiger partial charge in [-0.2, -0.15) is 0 Å². The Morgan fingerprint density at radius 1 is 1.56 bits per heavy atom. The molecule has 0 spiro atoms. The van der Waals surface area contributed by atoms with Crippen molar-refractivity contribution >= 4 is 23.6 Å². The summed E-state index contributed by atoms with van der Waals surface area (Å²) in [5.74, 6) is 1.44. The number of methoxy groups -OCH3 is 1. The van der Waals surface area contributed by atoms with E-state index in [-0.39, 0.29) is 11.8 Å². The number of nitrogens with zero attached hydrogens (tertiary/aromatic N) is 1. The van der Waals surface area contributed by atoms with Gasteiger partial charge in [-0.05, 0) is 0 Å². The predicted octanol–water partition coefficient (Wildman–Crippen LogP) is -0.286. The standard InChI is InChI=1S/C10H18N2O3S/c1-15-6-7-16-8-10(14)12-4-2-9(13)11-3-5-12/h2-8H2,1H3,(H,11,13). The van der Waals surface area contributed by atoms with E-state index in [1.807, 2.05) is 0 Å². The minimum Gasteiger partial charge on any atom is -0.384 e. The van der Waals surface area contributed by atoms with Crippen molar-refractivity contribution < 1.29 is 14.3 Å². The molecule has 1 saturated heterocycles. The summed E-state index contributed by atoms with van der Waals surface area (Å²) in [6, 6.07) is 0. The van der Waals surface area contributed by atoms with Gasteiger partial charge in [0.1, 0.15) is 0 Å². The van der Waals surface area contributed by atoms with E-state index in [4.69, 9.17) is 4.74 Å². The van der Waals surface area contributed by atoms with Gasteiger partial charge in [0.05, 0.1) is 12.4 Å². The molecule has 5 nitrogen and oxygen atoms in total. The Morgan fingerprint density at radius 3 is 3.12 bits per heavy atom. The van der Waals surface area contributed by atoms with E-state index in [1.165, 1.54) is 0 Å². The van der Waals surface area contributed by atoms with Gasteiger partial charge in [-0.15, -0.1) is 11.8 Å². The number of hydrogen-bond donors (Lipinski definition) is 1. The summed E-state index contributed by atoms with van der Waals surface area (Å²) in [5.41, 5.74) is 0. The predicted molar refractivity (Wildman–Crippen MR) is 63.4 cm³/mol. The lowest BCUT2D eigenvalue weighted by atomic mass is 10.4. The van der Waals surface area contributed by atoms with Crippen LogP contribution in [0.25, 0.3) is 0 Å². The molecule has 1 N–H and O–H groups in total. The Balaban J connectivity index is 2.22. The van der Waals surface area contributed by atoms with Gasteiger partial charge in [-0.3, -0.25) is 9.59 Å². The van der Waals surface area contributed by atoms with E-state index < -0.39 is 0 Å². The molecule has 6 heteroatoms. The van der Waals surface area contributed by atoms with E-state index in [0.29, 0.717) is 38.4 Å². The molecule has 0 aromatic carbocycles. The van der Waals surface area contributed by atoms with Crippen LogP contribution in [0.3, 0.4) is 0 Å². The molecule has 1 rings (SSSR count). The summed E-state index contributed by atoms with van der Waals surface area (Å²) in [4.78, 5) is 24.6. The van der Waals surface area contributed by atoms with Crippen molar-refractivity contribution in [2.75, 3.05) is 44.9 Å². The fourth-order valence-electron chi connectivity index (χ4n) is 1.41. The van der Waals surface area contributed by atoms with Crippen molar-refractivity contribution in [2.45, 2.75) is 6.42 Å². The fourth-order valence-corrected chi connectivity index (χ4v) is 2.20. The van der Waals surface area contributed by atoms with Crippen molar-refractivity contribution in [1.82, 2.24) is 10.2 Å². The summed E-state index contributed by atoms with van der Waals surface area (Å²) in [5, 5.41) is 2.75. The summed E-state index contributed by atoms with van der Waals surface area (Å²) in [6.07, 6.45) is 0.411. The van der Waals surface area contributed by atoms with Crippen LogP contribution >= 0.6 is 11.8 Å². The Bertz CT molecular complexity index is 248. The normalized spacial score (nSPS) is 16.8.